The molecule has 2 fully saturated rings. The van der Waals surface area contributed by atoms with Gasteiger partial charge in [0.25, 0.3) is 0 Å². The first-order valence-electron chi connectivity index (χ1n) is 5.69. The van der Waals surface area contributed by atoms with E-state index in [1.807, 2.05) is 0 Å². The summed E-state index contributed by atoms with van der Waals surface area (Å²) in [5.41, 5.74) is 0. The highest BCUT2D eigenvalue weighted by atomic mass is 16.3. The van der Waals surface area contributed by atoms with E-state index in [0.29, 0.717) is 12.0 Å². The van der Waals surface area contributed by atoms with Gasteiger partial charge in [0.05, 0.1) is 6.10 Å². The van der Waals surface area contributed by atoms with Gasteiger partial charge in [-0.2, -0.15) is 0 Å². The van der Waals surface area contributed by atoms with Crippen molar-refractivity contribution in [1.29, 1.82) is 0 Å². The number of β-amino-alcohol motifs (C(OH)–C–C–N with tert-alkyl or cyclic N) is 1. The number of aliphatic hydroxyl groups excluding tert-OH is 1. The highest BCUT2D eigenvalue weighted by Gasteiger charge is 2.29. The minimum Gasteiger partial charge on any atom is -0.392 e. The lowest BCUT2D eigenvalue weighted by atomic mass is 9.81. The minimum absolute atomic E-state index is 0.0469. The third kappa shape index (κ3) is 2.05. The topological polar surface area (TPSA) is 23.5 Å². The van der Waals surface area contributed by atoms with E-state index >= 15 is 0 Å². The van der Waals surface area contributed by atoms with Gasteiger partial charge < -0.3 is 5.11 Å². The van der Waals surface area contributed by atoms with Crippen molar-refractivity contribution in [3.8, 4) is 0 Å². The van der Waals surface area contributed by atoms with Crippen LogP contribution in [0.5, 0.6) is 0 Å². The molecule has 1 N–H and O–H groups in total. The summed E-state index contributed by atoms with van der Waals surface area (Å²) in [7, 11) is 0. The highest BCUT2D eigenvalue weighted by molar-refractivity contribution is 4.83. The lowest BCUT2D eigenvalue weighted by Gasteiger charge is -2.33. The van der Waals surface area contributed by atoms with Gasteiger partial charge in [-0.15, -0.1) is 0 Å². The van der Waals surface area contributed by atoms with Crippen molar-refractivity contribution in [3.63, 3.8) is 0 Å². The first-order valence-corrected chi connectivity index (χ1v) is 5.69. The molecule has 0 aromatic carbocycles. The summed E-state index contributed by atoms with van der Waals surface area (Å²) in [4.78, 5) is 2.45. The number of hydrogen-bond acceptors (Lipinski definition) is 2. The number of likely N-dealkylation sites (tertiary alicyclic amines) is 1. The summed E-state index contributed by atoms with van der Waals surface area (Å²) >= 11 is 0. The molecule has 0 bridgehead atoms. The molecule has 0 spiro atoms. The minimum atomic E-state index is -0.0469. The van der Waals surface area contributed by atoms with Crippen LogP contribution < -0.4 is 0 Å². The Hall–Kier alpha value is -0.0800. The van der Waals surface area contributed by atoms with Crippen LogP contribution in [0.15, 0.2) is 0 Å². The average molecular weight is 183 g/mol. The van der Waals surface area contributed by atoms with Gasteiger partial charge in [-0.05, 0) is 45.1 Å². The molecular weight excluding hydrogens is 162 g/mol. The number of hydrogen-bond donors (Lipinski definition) is 1. The van der Waals surface area contributed by atoms with E-state index in [-0.39, 0.29) is 6.10 Å². The monoisotopic (exact) mass is 183 g/mol. The number of rotatable bonds is 3. The summed E-state index contributed by atoms with van der Waals surface area (Å²) < 4.78 is 0. The van der Waals surface area contributed by atoms with E-state index < -0.39 is 0 Å². The zero-order valence-corrected chi connectivity index (χ0v) is 8.58. The molecule has 1 saturated carbocycles. The van der Waals surface area contributed by atoms with Crippen LogP contribution in [-0.4, -0.2) is 35.2 Å². The van der Waals surface area contributed by atoms with E-state index in [2.05, 4.69) is 11.8 Å². The third-order valence-corrected chi connectivity index (χ3v) is 3.81. The Bertz CT molecular complexity index is 167. The maximum atomic E-state index is 9.91. The third-order valence-electron chi connectivity index (χ3n) is 3.81. The Morgan fingerprint density at radius 3 is 2.54 bits per heavy atom. The normalized spacial score (nSPS) is 33.2. The average Bonchev–Trinajstić information content (AvgIpc) is 2.32. The molecule has 2 atom stereocenters. The molecule has 1 aliphatic carbocycles. The van der Waals surface area contributed by atoms with Crippen LogP contribution in [0.1, 0.15) is 39.0 Å². The van der Waals surface area contributed by atoms with Crippen LogP contribution in [0.2, 0.25) is 0 Å². The molecule has 1 heterocycles. The summed E-state index contributed by atoms with van der Waals surface area (Å²) in [6.45, 7) is 4.40. The van der Waals surface area contributed by atoms with Crippen molar-refractivity contribution >= 4 is 0 Å². The van der Waals surface area contributed by atoms with Crippen LogP contribution in [0.25, 0.3) is 0 Å². The smallest absolute Gasteiger partial charge is 0.0695 e. The van der Waals surface area contributed by atoms with Crippen molar-refractivity contribution < 1.29 is 5.11 Å². The first-order chi connectivity index (χ1) is 6.27. The molecule has 0 amide bonds. The molecule has 1 aliphatic heterocycles. The zero-order chi connectivity index (χ0) is 9.26. The molecular formula is C11H21NO. The van der Waals surface area contributed by atoms with Crippen molar-refractivity contribution in [3.05, 3.63) is 0 Å². The lowest BCUT2D eigenvalue weighted by Crippen LogP contribution is -2.40. The molecule has 0 aromatic rings. The van der Waals surface area contributed by atoms with Gasteiger partial charge in [-0.25, -0.2) is 0 Å². The molecule has 0 aromatic heterocycles. The van der Waals surface area contributed by atoms with Gasteiger partial charge in [0, 0.05) is 12.6 Å². The highest BCUT2D eigenvalue weighted by Crippen LogP contribution is 2.30. The van der Waals surface area contributed by atoms with Gasteiger partial charge in [0.1, 0.15) is 0 Å². The second-order valence-corrected chi connectivity index (χ2v) is 4.74. The quantitative estimate of drug-likeness (QED) is 0.719. The van der Waals surface area contributed by atoms with E-state index in [4.69, 9.17) is 0 Å². The van der Waals surface area contributed by atoms with Crippen LogP contribution in [0, 0.1) is 5.92 Å². The van der Waals surface area contributed by atoms with Crippen LogP contribution in [0.4, 0.5) is 0 Å². The maximum Gasteiger partial charge on any atom is 0.0695 e. The molecule has 2 aliphatic rings. The van der Waals surface area contributed by atoms with E-state index in [1.54, 1.807) is 0 Å². The predicted molar refractivity (Wildman–Crippen MR) is 53.6 cm³/mol. The van der Waals surface area contributed by atoms with Crippen molar-refractivity contribution in [2.75, 3.05) is 13.1 Å². The Kier molecular flexibility index (Phi) is 2.89. The maximum absolute atomic E-state index is 9.91. The molecule has 0 radical (unpaired) electrons. The molecule has 2 rings (SSSR count). The van der Waals surface area contributed by atoms with Gasteiger partial charge in [0.15, 0.2) is 0 Å². The van der Waals surface area contributed by atoms with E-state index in [9.17, 15) is 5.11 Å². The van der Waals surface area contributed by atoms with Crippen molar-refractivity contribution in [1.82, 2.24) is 4.90 Å². The van der Waals surface area contributed by atoms with E-state index in [1.165, 1.54) is 38.6 Å². The van der Waals surface area contributed by atoms with Gasteiger partial charge >= 0.3 is 0 Å². The SMILES string of the molecule is CC1CCCN1CC(O)C1CCC1. The summed E-state index contributed by atoms with van der Waals surface area (Å²) in [6, 6.07) is 0.703. The first kappa shape index (κ1) is 9.47. The number of nitrogens with zero attached hydrogens (tertiary/aromatic N) is 1. The summed E-state index contributed by atoms with van der Waals surface area (Å²) in [5.74, 6) is 0.618. The molecule has 2 heteroatoms. The van der Waals surface area contributed by atoms with Gasteiger partial charge in [-0.1, -0.05) is 6.42 Å². The lowest BCUT2D eigenvalue weighted by molar-refractivity contribution is 0.0286. The van der Waals surface area contributed by atoms with Crippen LogP contribution in [0.3, 0.4) is 0 Å². The van der Waals surface area contributed by atoms with Crippen molar-refractivity contribution in [2.24, 2.45) is 5.92 Å². The predicted octanol–water partition coefficient (Wildman–Crippen LogP) is 1.63. The second-order valence-electron chi connectivity index (χ2n) is 4.74. The molecule has 1 saturated heterocycles. The fourth-order valence-corrected chi connectivity index (χ4v) is 2.48. The standard InChI is InChI=1S/C11H21NO/c1-9-4-3-7-12(9)8-11(13)10-5-2-6-10/h9-11,13H,2-8H2,1H3. The Morgan fingerprint density at radius 2 is 2.08 bits per heavy atom. The van der Waals surface area contributed by atoms with Gasteiger partial charge in [-0.3, -0.25) is 4.90 Å². The summed E-state index contributed by atoms with van der Waals surface area (Å²) in [6.07, 6.45) is 6.43. The zero-order valence-electron chi connectivity index (χ0n) is 8.58. The second kappa shape index (κ2) is 3.97. The van der Waals surface area contributed by atoms with E-state index in [0.717, 1.165) is 6.54 Å². The summed E-state index contributed by atoms with van der Waals surface area (Å²) in [5, 5.41) is 9.91. The molecule has 2 unspecified atom stereocenters. The Morgan fingerprint density at radius 1 is 1.31 bits per heavy atom. The van der Waals surface area contributed by atoms with Crippen LogP contribution in [-0.2, 0) is 0 Å². The molecule has 76 valence electrons. The number of aliphatic hydroxyl groups is 1. The van der Waals surface area contributed by atoms with Gasteiger partial charge in [0.2, 0.25) is 0 Å². The Balaban J connectivity index is 1.75. The van der Waals surface area contributed by atoms with Crippen molar-refractivity contribution in [2.45, 2.75) is 51.2 Å². The molecule has 2 nitrogen and oxygen atoms in total. The van der Waals surface area contributed by atoms with Crippen LogP contribution >= 0.6 is 0 Å². The fourth-order valence-electron chi connectivity index (χ4n) is 2.48. The largest absolute Gasteiger partial charge is 0.392 e. The fraction of sp³-hybridized carbons (Fsp3) is 1.00. The molecule has 13 heavy (non-hydrogen) atoms. The Labute approximate surface area is 80.9 Å².